The molecule has 0 spiro atoms. The lowest BCUT2D eigenvalue weighted by Gasteiger charge is -2.47. The summed E-state index contributed by atoms with van der Waals surface area (Å²) in [4.78, 5) is 0. The molecule has 3 fully saturated rings. The molecule has 0 aromatic carbocycles. The molecule has 3 rings (SSSR count). The van der Waals surface area contributed by atoms with Crippen molar-refractivity contribution >= 4 is 0 Å². The SMILES string of the molecule is OC[C@H]1O[C@@H](O[C@H]2[C@H](O)[C@@H](O)[C@@H](O[C@H]3[C@H](O)[C@@H](O)C(O)O[C@@H]3CO)O[C@@H]2CO)[C@H](O)[C@@H](O)[C@H]1O. The van der Waals surface area contributed by atoms with Crippen molar-refractivity contribution in [3.8, 4) is 0 Å². The first-order chi connectivity index (χ1) is 16.0. The van der Waals surface area contributed by atoms with Gasteiger partial charge in [-0.25, -0.2) is 0 Å². The van der Waals surface area contributed by atoms with Gasteiger partial charge in [0.25, 0.3) is 0 Å². The number of aliphatic hydroxyl groups excluding tert-OH is 11. The number of hydrogen-bond donors (Lipinski definition) is 11. The summed E-state index contributed by atoms with van der Waals surface area (Å²) in [7, 11) is 0. The van der Waals surface area contributed by atoms with Crippen LogP contribution in [-0.4, -0.2) is 168 Å². The smallest absolute Gasteiger partial charge is 0.187 e. The quantitative estimate of drug-likeness (QED) is 0.154. The zero-order valence-electron chi connectivity index (χ0n) is 17.7. The third-order valence-corrected chi connectivity index (χ3v) is 6.09. The molecule has 11 N–H and O–H groups in total. The molecular weight excluding hydrogens is 472 g/mol. The summed E-state index contributed by atoms with van der Waals surface area (Å²) in [5, 5.41) is 109. The average Bonchev–Trinajstić information content (AvgIpc) is 2.83. The largest absolute Gasteiger partial charge is 0.394 e. The van der Waals surface area contributed by atoms with Gasteiger partial charge < -0.3 is 79.9 Å². The van der Waals surface area contributed by atoms with E-state index >= 15 is 0 Å². The Balaban J connectivity index is 1.72. The Morgan fingerprint density at radius 1 is 0.441 bits per heavy atom. The van der Waals surface area contributed by atoms with Crippen molar-refractivity contribution in [2.75, 3.05) is 19.8 Å². The summed E-state index contributed by atoms with van der Waals surface area (Å²) in [5.41, 5.74) is 0. The fourth-order valence-electron chi connectivity index (χ4n) is 4.06. The normalized spacial score (nSPS) is 52.5. The van der Waals surface area contributed by atoms with Crippen LogP contribution < -0.4 is 0 Å². The number of rotatable bonds is 7. The number of ether oxygens (including phenoxy) is 5. The zero-order chi connectivity index (χ0) is 25.3. The van der Waals surface area contributed by atoms with Crippen LogP contribution in [0, 0.1) is 0 Å². The highest BCUT2D eigenvalue weighted by Gasteiger charge is 2.53. The van der Waals surface area contributed by atoms with Crippen LogP contribution in [0.4, 0.5) is 0 Å². The van der Waals surface area contributed by atoms with Crippen molar-refractivity contribution in [2.24, 2.45) is 0 Å². The van der Waals surface area contributed by atoms with Gasteiger partial charge in [0.05, 0.1) is 19.8 Å². The molecule has 3 aliphatic heterocycles. The minimum absolute atomic E-state index is 0.741. The Kier molecular flexibility index (Phi) is 9.54. The molecule has 0 aromatic rings. The first-order valence-corrected chi connectivity index (χ1v) is 10.6. The van der Waals surface area contributed by atoms with Crippen LogP contribution in [0.15, 0.2) is 0 Å². The fourth-order valence-corrected chi connectivity index (χ4v) is 4.06. The summed E-state index contributed by atoms with van der Waals surface area (Å²) in [6.07, 6.45) is -25.1. The molecule has 0 radical (unpaired) electrons. The molecule has 200 valence electrons. The monoisotopic (exact) mass is 504 g/mol. The molecule has 3 saturated heterocycles. The molecule has 16 heteroatoms. The molecule has 34 heavy (non-hydrogen) atoms. The summed E-state index contributed by atoms with van der Waals surface area (Å²) < 4.78 is 26.4. The summed E-state index contributed by atoms with van der Waals surface area (Å²) in [6, 6.07) is 0. The topological polar surface area (TPSA) is 269 Å². The van der Waals surface area contributed by atoms with Crippen molar-refractivity contribution in [2.45, 2.75) is 92.1 Å². The standard InChI is InChI=1S/C18H32O16/c19-1-4-7(22)8(23)12(27)17(31-4)34-15-6(3-21)32-18(13(28)10(15)25)33-14-5(2-20)30-16(29)11(26)9(14)24/h4-29H,1-3H2/t4-,5-,6-,7+,8+,9-,10-,11-,12-,13-,14-,15-,16?,17+,18-/m1/s1. The molecular formula is C18H32O16. The van der Waals surface area contributed by atoms with Gasteiger partial charge in [-0.2, -0.15) is 0 Å². The van der Waals surface area contributed by atoms with E-state index in [9.17, 15) is 56.2 Å². The van der Waals surface area contributed by atoms with Crippen LogP contribution in [0.3, 0.4) is 0 Å². The average molecular weight is 504 g/mol. The first-order valence-electron chi connectivity index (χ1n) is 10.6. The Bertz CT molecular complexity index is 635. The van der Waals surface area contributed by atoms with E-state index < -0.39 is 112 Å². The summed E-state index contributed by atoms with van der Waals surface area (Å²) in [5.74, 6) is 0. The molecule has 3 heterocycles. The van der Waals surface area contributed by atoms with E-state index in [4.69, 9.17) is 23.7 Å². The summed E-state index contributed by atoms with van der Waals surface area (Å²) in [6.45, 7) is -2.32. The van der Waals surface area contributed by atoms with Gasteiger partial charge in [0.2, 0.25) is 0 Å². The molecule has 16 nitrogen and oxygen atoms in total. The van der Waals surface area contributed by atoms with Crippen molar-refractivity contribution in [1.82, 2.24) is 0 Å². The second kappa shape index (κ2) is 11.6. The second-order valence-electron chi connectivity index (χ2n) is 8.33. The van der Waals surface area contributed by atoms with Crippen LogP contribution in [0.5, 0.6) is 0 Å². The highest BCUT2D eigenvalue weighted by Crippen LogP contribution is 2.32. The van der Waals surface area contributed by atoms with E-state index in [0.717, 1.165) is 0 Å². The number of aliphatic hydroxyl groups is 11. The van der Waals surface area contributed by atoms with Gasteiger partial charge in [0.15, 0.2) is 18.9 Å². The van der Waals surface area contributed by atoms with Crippen LogP contribution in [0.25, 0.3) is 0 Å². The van der Waals surface area contributed by atoms with Crippen LogP contribution in [0.1, 0.15) is 0 Å². The third-order valence-electron chi connectivity index (χ3n) is 6.09. The van der Waals surface area contributed by atoms with E-state index in [1.807, 2.05) is 0 Å². The molecule has 0 bridgehead atoms. The van der Waals surface area contributed by atoms with E-state index in [0.29, 0.717) is 0 Å². The van der Waals surface area contributed by atoms with Gasteiger partial charge in [0, 0.05) is 0 Å². The second-order valence-corrected chi connectivity index (χ2v) is 8.33. The molecule has 15 atom stereocenters. The maximum Gasteiger partial charge on any atom is 0.187 e. The van der Waals surface area contributed by atoms with Crippen molar-refractivity contribution < 1.29 is 79.9 Å². The van der Waals surface area contributed by atoms with E-state index in [2.05, 4.69) is 0 Å². The predicted octanol–water partition coefficient (Wildman–Crippen LogP) is -7.57. The Labute approximate surface area is 192 Å². The lowest BCUT2D eigenvalue weighted by Crippen LogP contribution is -2.66. The highest BCUT2D eigenvalue weighted by molar-refractivity contribution is 4.96. The van der Waals surface area contributed by atoms with Crippen LogP contribution >= 0.6 is 0 Å². The van der Waals surface area contributed by atoms with Gasteiger partial charge in [-0.15, -0.1) is 0 Å². The molecule has 0 aliphatic carbocycles. The van der Waals surface area contributed by atoms with E-state index in [1.165, 1.54) is 0 Å². The van der Waals surface area contributed by atoms with Gasteiger partial charge in [-0.05, 0) is 0 Å². The molecule has 0 saturated carbocycles. The van der Waals surface area contributed by atoms with Crippen molar-refractivity contribution in [3.05, 3.63) is 0 Å². The van der Waals surface area contributed by atoms with Crippen LogP contribution in [-0.2, 0) is 23.7 Å². The first kappa shape index (κ1) is 27.9. The van der Waals surface area contributed by atoms with Gasteiger partial charge in [-0.3, -0.25) is 0 Å². The zero-order valence-corrected chi connectivity index (χ0v) is 17.7. The predicted molar refractivity (Wildman–Crippen MR) is 101 cm³/mol. The maximum absolute atomic E-state index is 10.6. The molecule has 1 unspecified atom stereocenters. The Morgan fingerprint density at radius 2 is 0.853 bits per heavy atom. The Morgan fingerprint density at radius 3 is 1.35 bits per heavy atom. The van der Waals surface area contributed by atoms with E-state index in [1.54, 1.807) is 0 Å². The lowest BCUT2D eigenvalue weighted by molar-refractivity contribution is -0.377. The minimum atomic E-state index is -1.91. The molecule has 3 aliphatic rings. The third kappa shape index (κ3) is 5.37. The van der Waals surface area contributed by atoms with Crippen molar-refractivity contribution in [3.63, 3.8) is 0 Å². The lowest BCUT2D eigenvalue weighted by atomic mass is 9.96. The van der Waals surface area contributed by atoms with E-state index in [-0.39, 0.29) is 0 Å². The van der Waals surface area contributed by atoms with Crippen molar-refractivity contribution in [1.29, 1.82) is 0 Å². The maximum atomic E-state index is 10.6. The minimum Gasteiger partial charge on any atom is -0.394 e. The Hall–Kier alpha value is -0.640. The summed E-state index contributed by atoms with van der Waals surface area (Å²) >= 11 is 0. The number of hydrogen-bond acceptors (Lipinski definition) is 16. The molecule has 0 aromatic heterocycles. The highest BCUT2D eigenvalue weighted by atomic mass is 16.8. The van der Waals surface area contributed by atoms with Gasteiger partial charge >= 0.3 is 0 Å². The van der Waals surface area contributed by atoms with Gasteiger partial charge in [-0.1, -0.05) is 0 Å². The van der Waals surface area contributed by atoms with Gasteiger partial charge in [0.1, 0.15) is 73.2 Å². The molecule has 0 amide bonds. The fraction of sp³-hybridized carbons (Fsp3) is 1.00. The van der Waals surface area contributed by atoms with Crippen LogP contribution in [0.2, 0.25) is 0 Å².